The topological polar surface area (TPSA) is 72.1 Å². The zero-order chi connectivity index (χ0) is 26.6. The molecule has 0 bridgehead atoms. The number of carbonyl (C=O) groups is 1. The van der Waals surface area contributed by atoms with Gasteiger partial charge in [0.15, 0.2) is 16.6 Å². The Morgan fingerprint density at radius 1 is 1.08 bits per heavy atom. The minimum absolute atomic E-state index is 0.0244. The first-order valence-electron chi connectivity index (χ1n) is 13.0. The minimum atomic E-state index is -0.555. The fraction of sp³-hybridized carbons (Fsp3) is 0.517. The third-order valence-corrected chi connectivity index (χ3v) is 7.74. The number of nitrogens with zero attached hydrogens (tertiary/aromatic N) is 1. The number of fused-ring (bicyclic) bond motifs is 1. The van der Waals surface area contributed by atoms with Gasteiger partial charge in [-0.15, -0.1) is 0 Å². The smallest absolute Gasteiger partial charge is 0.410 e. The van der Waals surface area contributed by atoms with Crippen molar-refractivity contribution in [3.05, 3.63) is 59.7 Å². The van der Waals surface area contributed by atoms with Gasteiger partial charge in [0, 0.05) is 30.6 Å². The first kappa shape index (κ1) is 27.0. The number of hydrogen-bond acceptors (Lipinski definition) is 5. The van der Waals surface area contributed by atoms with Crippen LogP contribution in [0.2, 0.25) is 0 Å². The number of thiocarbonyl (C=S) groups is 1. The van der Waals surface area contributed by atoms with Gasteiger partial charge in [0.05, 0.1) is 14.2 Å². The summed E-state index contributed by atoms with van der Waals surface area (Å²) in [5, 5.41) is 7.47. The SMILES string of the molecule is COc1ccc([C@@]23CC[C@@H](NC(=S)NCc4ccccc4)C[C@@H]2N(C(=O)OC(C)(C)C)CC3)cc1OC. The van der Waals surface area contributed by atoms with Crippen molar-refractivity contribution in [2.24, 2.45) is 0 Å². The summed E-state index contributed by atoms with van der Waals surface area (Å²) in [5.41, 5.74) is 1.60. The van der Waals surface area contributed by atoms with E-state index in [1.807, 2.05) is 49.9 Å². The second kappa shape index (κ2) is 11.2. The van der Waals surface area contributed by atoms with Crippen LogP contribution in [0.5, 0.6) is 11.5 Å². The van der Waals surface area contributed by atoms with Crippen LogP contribution in [0.1, 0.15) is 57.6 Å². The van der Waals surface area contributed by atoms with Gasteiger partial charge < -0.3 is 29.7 Å². The molecule has 0 unspecified atom stereocenters. The van der Waals surface area contributed by atoms with Crippen LogP contribution < -0.4 is 20.1 Å². The third-order valence-electron chi connectivity index (χ3n) is 7.48. The Morgan fingerprint density at radius 3 is 2.49 bits per heavy atom. The number of rotatable bonds is 6. The highest BCUT2D eigenvalue weighted by Crippen LogP contribution is 2.50. The number of methoxy groups -OCH3 is 2. The molecule has 200 valence electrons. The van der Waals surface area contributed by atoms with E-state index >= 15 is 0 Å². The summed E-state index contributed by atoms with van der Waals surface area (Å²) in [6.07, 6.45) is 3.26. The van der Waals surface area contributed by atoms with E-state index in [0.29, 0.717) is 29.7 Å². The maximum absolute atomic E-state index is 13.3. The van der Waals surface area contributed by atoms with Gasteiger partial charge in [0.25, 0.3) is 0 Å². The molecule has 1 amide bonds. The number of ether oxygens (including phenoxy) is 3. The quantitative estimate of drug-likeness (QED) is 0.504. The van der Waals surface area contributed by atoms with Crippen molar-refractivity contribution in [1.82, 2.24) is 15.5 Å². The normalized spacial score (nSPS) is 23.1. The molecule has 7 nitrogen and oxygen atoms in total. The molecule has 2 aromatic carbocycles. The van der Waals surface area contributed by atoms with Crippen LogP contribution in [0.15, 0.2) is 48.5 Å². The fourth-order valence-corrected chi connectivity index (χ4v) is 5.95. The monoisotopic (exact) mass is 525 g/mol. The average Bonchev–Trinajstić information content (AvgIpc) is 3.27. The molecule has 2 fully saturated rings. The van der Waals surface area contributed by atoms with Gasteiger partial charge in [-0.05, 0) is 81.9 Å². The second-order valence-electron chi connectivity index (χ2n) is 10.9. The Bertz CT molecular complexity index is 1100. The number of nitrogens with one attached hydrogen (secondary N) is 2. The summed E-state index contributed by atoms with van der Waals surface area (Å²) in [4.78, 5) is 15.2. The van der Waals surface area contributed by atoms with Crippen LogP contribution in [0.25, 0.3) is 0 Å². The van der Waals surface area contributed by atoms with E-state index in [-0.39, 0.29) is 23.6 Å². The molecule has 0 radical (unpaired) electrons. The molecule has 0 spiro atoms. The number of amides is 1. The molecular formula is C29H39N3O4S. The van der Waals surface area contributed by atoms with Crippen LogP contribution in [0.4, 0.5) is 4.79 Å². The zero-order valence-electron chi connectivity index (χ0n) is 22.5. The first-order chi connectivity index (χ1) is 17.6. The summed E-state index contributed by atoms with van der Waals surface area (Å²) >= 11 is 5.63. The Kier molecular flexibility index (Phi) is 8.17. The highest BCUT2D eigenvalue weighted by molar-refractivity contribution is 7.80. The lowest BCUT2D eigenvalue weighted by molar-refractivity contribution is 0.0150. The highest BCUT2D eigenvalue weighted by atomic mass is 32.1. The maximum atomic E-state index is 13.3. The zero-order valence-corrected chi connectivity index (χ0v) is 23.3. The summed E-state index contributed by atoms with van der Waals surface area (Å²) in [6, 6.07) is 16.5. The van der Waals surface area contributed by atoms with Crippen molar-refractivity contribution in [3.8, 4) is 11.5 Å². The van der Waals surface area contributed by atoms with Crippen LogP contribution in [0, 0.1) is 0 Å². The predicted octanol–water partition coefficient (Wildman–Crippen LogP) is 5.17. The van der Waals surface area contributed by atoms with Crippen molar-refractivity contribution in [1.29, 1.82) is 0 Å². The van der Waals surface area contributed by atoms with E-state index in [4.69, 9.17) is 26.4 Å². The molecule has 8 heteroatoms. The lowest BCUT2D eigenvalue weighted by Crippen LogP contribution is -2.55. The number of carbonyl (C=O) groups excluding carboxylic acids is 1. The molecule has 4 rings (SSSR count). The van der Waals surface area contributed by atoms with Gasteiger partial charge >= 0.3 is 6.09 Å². The number of benzene rings is 2. The van der Waals surface area contributed by atoms with Crippen LogP contribution in [-0.4, -0.2) is 54.6 Å². The minimum Gasteiger partial charge on any atom is -0.493 e. The van der Waals surface area contributed by atoms with E-state index in [2.05, 4.69) is 34.9 Å². The van der Waals surface area contributed by atoms with Crippen molar-refractivity contribution >= 4 is 23.4 Å². The average molecular weight is 526 g/mol. The van der Waals surface area contributed by atoms with Crippen LogP contribution in [-0.2, 0) is 16.7 Å². The maximum Gasteiger partial charge on any atom is 0.410 e. The van der Waals surface area contributed by atoms with E-state index < -0.39 is 5.60 Å². The van der Waals surface area contributed by atoms with Gasteiger partial charge in [-0.3, -0.25) is 0 Å². The fourth-order valence-electron chi connectivity index (χ4n) is 5.72. The van der Waals surface area contributed by atoms with Crippen LogP contribution >= 0.6 is 12.2 Å². The Labute approximate surface area is 225 Å². The van der Waals surface area contributed by atoms with E-state index in [1.165, 1.54) is 11.1 Å². The lowest BCUT2D eigenvalue weighted by atomic mass is 9.65. The number of likely N-dealkylation sites (tertiary alicyclic amines) is 1. The molecule has 3 atom stereocenters. The molecule has 2 aromatic rings. The summed E-state index contributed by atoms with van der Waals surface area (Å²) < 4.78 is 16.9. The summed E-state index contributed by atoms with van der Waals surface area (Å²) in [6.45, 7) is 7.04. The van der Waals surface area contributed by atoms with Gasteiger partial charge in [-0.25, -0.2) is 4.79 Å². The Hall–Kier alpha value is -3.00. The standard InChI is InChI=1S/C29H39N3O4S/c1-28(2,3)36-27(33)32-16-15-29(21-11-12-23(34-4)24(17-21)35-5)14-13-22(18-25(29)32)31-26(37)30-19-20-9-7-6-8-10-20/h6-12,17,22,25H,13-16,18-19H2,1-5H3,(H2,30,31,37)/t22-,25+,29+/m1/s1. The van der Waals surface area contributed by atoms with Crippen molar-refractivity contribution in [2.45, 2.75) is 76.1 Å². The van der Waals surface area contributed by atoms with Gasteiger partial charge in [0.1, 0.15) is 5.60 Å². The molecule has 37 heavy (non-hydrogen) atoms. The van der Waals surface area contributed by atoms with E-state index in [0.717, 1.165) is 25.7 Å². The molecule has 1 heterocycles. The van der Waals surface area contributed by atoms with E-state index in [1.54, 1.807) is 14.2 Å². The summed E-state index contributed by atoms with van der Waals surface area (Å²) in [7, 11) is 3.30. The van der Waals surface area contributed by atoms with E-state index in [9.17, 15) is 4.79 Å². The Morgan fingerprint density at radius 2 is 1.81 bits per heavy atom. The predicted molar refractivity (Wildman–Crippen MR) is 149 cm³/mol. The first-order valence-corrected chi connectivity index (χ1v) is 13.4. The molecule has 1 aliphatic heterocycles. The molecule has 2 N–H and O–H groups in total. The molecule has 1 aliphatic carbocycles. The van der Waals surface area contributed by atoms with Crippen LogP contribution in [0.3, 0.4) is 0 Å². The highest BCUT2D eigenvalue weighted by Gasteiger charge is 2.54. The van der Waals surface area contributed by atoms with Crippen molar-refractivity contribution < 1.29 is 19.0 Å². The molecular weight excluding hydrogens is 486 g/mol. The largest absolute Gasteiger partial charge is 0.493 e. The van der Waals surface area contributed by atoms with Gasteiger partial charge in [-0.2, -0.15) is 0 Å². The lowest BCUT2D eigenvalue weighted by Gasteiger charge is -2.45. The number of hydrogen-bond donors (Lipinski definition) is 2. The van der Waals surface area contributed by atoms with Crippen molar-refractivity contribution in [3.63, 3.8) is 0 Å². The molecule has 2 aliphatic rings. The van der Waals surface area contributed by atoms with Crippen molar-refractivity contribution in [2.75, 3.05) is 20.8 Å². The Balaban J connectivity index is 1.54. The molecule has 1 saturated carbocycles. The summed E-state index contributed by atoms with van der Waals surface area (Å²) in [5.74, 6) is 1.40. The second-order valence-corrected chi connectivity index (χ2v) is 11.4. The van der Waals surface area contributed by atoms with Gasteiger partial charge in [-0.1, -0.05) is 36.4 Å². The van der Waals surface area contributed by atoms with Gasteiger partial charge in [0.2, 0.25) is 0 Å². The third kappa shape index (κ3) is 6.12. The molecule has 1 saturated heterocycles. The molecule has 0 aromatic heterocycles.